The first-order valence-corrected chi connectivity index (χ1v) is 8.43. The van der Waals surface area contributed by atoms with Crippen LogP contribution in [0, 0.1) is 0 Å². The highest BCUT2D eigenvalue weighted by Crippen LogP contribution is 2.18. The predicted molar refractivity (Wildman–Crippen MR) is 97.6 cm³/mol. The quantitative estimate of drug-likeness (QED) is 0.583. The van der Waals surface area contributed by atoms with E-state index in [4.69, 9.17) is 24.4 Å². The number of carbonyl (C=O) groups is 2. The summed E-state index contributed by atoms with van der Waals surface area (Å²) >= 11 is 0. The van der Waals surface area contributed by atoms with Crippen molar-refractivity contribution in [3.05, 3.63) is 59.7 Å². The number of hydrogen-bond donors (Lipinski definition) is 2. The standard InChI is InChI=1S/C20H22O7/c1-25-18(20(23)24)13-14-6-4-7-15(12-14)26-10-5-11-27-17-9-3-2-8-16(17)19(21)22/h2-4,6-9,12,18H,5,10-11,13H2,1H3,(H,21,22)(H,23,24). The number of methoxy groups -OCH3 is 1. The number of benzene rings is 2. The average molecular weight is 374 g/mol. The summed E-state index contributed by atoms with van der Waals surface area (Å²) in [6.45, 7) is 0.695. The van der Waals surface area contributed by atoms with Gasteiger partial charge in [-0.1, -0.05) is 24.3 Å². The Labute approximate surface area is 157 Å². The maximum atomic E-state index is 11.1. The van der Waals surface area contributed by atoms with Crippen LogP contribution in [0.1, 0.15) is 22.3 Å². The second-order valence-electron chi connectivity index (χ2n) is 5.77. The minimum atomic E-state index is -1.03. The minimum absolute atomic E-state index is 0.122. The van der Waals surface area contributed by atoms with Gasteiger partial charge in [-0.3, -0.25) is 0 Å². The van der Waals surface area contributed by atoms with E-state index in [1.54, 1.807) is 36.4 Å². The molecule has 0 heterocycles. The zero-order chi connectivity index (χ0) is 19.6. The van der Waals surface area contributed by atoms with Gasteiger partial charge in [0.1, 0.15) is 17.1 Å². The third-order valence-corrected chi connectivity index (χ3v) is 3.81. The number of hydrogen-bond acceptors (Lipinski definition) is 5. The summed E-state index contributed by atoms with van der Waals surface area (Å²) in [5.74, 6) is -1.10. The molecule has 0 bridgehead atoms. The molecule has 0 saturated heterocycles. The lowest BCUT2D eigenvalue weighted by atomic mass is 10.1. The number of para-hydroxylation sites is 1. The zero-order valence-corrected chi connectivity index (χ0v) is 15.0. The van der Waals surface area contributed by atoms with Crippen molar-refractivity contribution in [2.45, 2.75) is 18.9 Å². The van der Waals surface area contributed by atoms with Gasteiger partial charge >= 0.3 is 11.9 Å². The number of aromatic carboxylic acids is 1. The van der Waals surface area contributed by atoms with Crippen LogP contribution in [-0.2, 0) is 16.0 Å². The van der Waals surface area contributed by atoms with Gasteiger partial charge in [0.05, 0.1) is 13.2 Å². The molecule has 2 aromatic carbocycles. The monoisotopic (exact) mass is 374 g/mol. The van der Waals surface area contributed by atoms with Gasteiger partial charge in [-0.2, -0.15) is 0 Å². The Morgan fingerprint density at radius 3 is 2.44 bits per heavy atom. The van der Waals surface area contributed by atoms with Crippen molar-refractivity contribution < 1.29 is 34.0 Å². The highest BCUT2D eigenvalue weighted by molar-refractivity contribution is 5.90. The molecule has 2 aromatic rings. The maximum Gasteiger partial charge on any atom is 0.339 e. The van der Waals surface area contributed by atoms with Gasteiger partial charge in [0.2, 0.25) is 0 Å². The van der Waals surface area contributed by atoms with E-state index in [1.165, 1.54) is 13.2 Å². The molecule has 144 valence electrons. The van der Waals surface area contributed by atoms with Gasteiger partial charge in [0.25, 0.3) is 0 Å². The third-order valence-electron chi connectivity index (χ3n) is 3.81. The Balaban J connectivity index is 1.80. The van der Waals surface area contributed by atoms with E-state index in [2.05, 4.69) is 0 Å². The molecule has 0 aliphatic heterocycles. The molecule has 2 N–H and O–H groups in total. The Bertz CT molecular complexity index is 772. The Hall–Kier alpha value is -3.06. The van der Waals surface area contributed by atoms with Crippen molar-refractivity contribution in [1.29, 1.82) is 0 Å². The fraction of sp³-hybridized carbons (Fsp3) is 0.300. The molecule has 7 nitrogen and oxygen atoms in total. The second-order valence-corrected chi connectivity index (χ2v) is 5.77. The van der Waals surface area contributed by atoms with Crippen LogP contribution >= 0.6 is 0 Å². The topological polar surface area (TPSA) is 102 Å². The first-order valence-electron chi connectivity index (χ1n) is 8.43. The fourth-order valence-electron chi connectivity index (χ4n) is 2.45. The second kappa shape index (κ2) is 10.2. The van der Waals surface area contributed by atoms with Gasteiger partial charge in [-0.05, 0) is 29.8 Å². The van der Waals surface area contributed by atoms with E-state index >= 15 is 0 Å². The molecule has 0 saturated carbocycles. The minimum Gasteiger partial charge on any atom is -0.493 e. The van der Waals surface area contributed by atoms with Crippen LogP contribution in [0.15, 0.2) is 48.5 Å². The number of ether oxygens (including phenoxy) is 3. The van der Waals surface area contributed by atoms with Crippen LogP contribution in [0.25, 0.3) is 0 Å². The van der Waals surface area contributed by atoms with E-state index < -0.39 is 18.0 Å². The molecule has 0 aliphatic carbocycles. The van der Waals surface area contributed by atoms with Crippen LogP contribution in [0.5, 0.6) is 11.5 Å². The molecule has 0 fully saturated rings. The molecule has 1 unspecified atom stereocenters. The number of rotatable bonds is 11. The van der Waals surface area contributed by atoms with Crippen molar-refractivity contribution in [2.24, 2.45) is 0 Å². The highest BCUT2D eigenvalue weighted by Gasteiger charge is 2.17. The molecular weight excluding hydrogens is 352 g/mol. The Morgan fingerprint density at radius 1 is 1.00 bits per heavy atom. The van der Waals surface area contributed by atoms with Gasteiger partial charge in [-0.25, -0.2) is 9.59 Å². The first kappa shape index (κ1) is 20.3. The molecule has 0 radical (unpaired) electrons. The smallest absolute Gasteiger partial charge is 0.339 e. The number of carboxylic acids is 2. The molecule has 2 rings (SSSR count). The largest absolute Gasteiger partial charge is 0.493 e. The average Bonchev–Trinajstić information content (AvgIpc) is 2.66. The lowest BCUT2D eigenvalue weighted by Gasteiger charge is -2.12. The van der Waals surface area contributed by atoms with Crippen LogP contribution < -0.4 is 9.47 Å². The number of carboxylic acid groups (broad SMARTS) is 2. The summed E-state index contributed by atoms with van der Waals surface area (Å²) < 4.78 is 16.1. The zero-order valence-electron chi connectivity index (χ0n) is 15.0. The van der Waals surface area contributed by atoms with Crippen molar-refractivity contribution in [3.63, 3.8) is 0 Å². The van der Waals surface area contributed by atoms with Crippen LogP contribution in [0.4, 0.5) is 0 Å². The van der Waals surface area contributed by atoms with Gasteiger partial charge in [0.15, 0.2) is 6.10 Å². The van der Waals surface area contributed by atoms with E-state index in [-0.39, 0.29) is 12.0 Å². The molecular formula is C20H22O7. The van der Waals surface area contributed by atoms with Crippen molar-refractivity contribution in [2.75, 3.05) is 20.3 Å². The van der Waals surface area contributed by atoms with Crippen LogP contribution in [0.2, 0.25) is 0 Å². The van der Waals surface area contributed by atoms with Crippen molar-refractivity contribution in [1.82, 2.24) is 0 Å². The highest BCUT2D eigenvalue weighted by atomic mass is 16.5. The summed E-state index contributed by atoms with van der Waals surface area (Å²) in [6.07, 6.45) is -0.0884. The summed E-state index contributed by atoms with van der Waals surface area (Å²) in [5.41, 5.74) is 0.922. The maximum absolute atomic E-state index is 11.1. The van der Waals surface area contributed by atoms with E-state index in [0.29, 0.717) is 31.1 Å². The molecule has 7 heteroatoms. The SMILES string of the molecule is COC(Cc1cccc(OCCCOc2ccccc2C(=O)O)c1)C(=O)O. The molecule has 27 heavy (non-hydrogen) atoms. The molecule has 0 aliphatic rings. The number of aliphatic carboxylic acids is 1. The molecule has 1 atom stereocenters. The van der Waals surface area contributed by atoms with E-state index in [0.717, 1.165) is 5.56 Å². The van der Waals surface area contributed by atoms with Crippen molar-refractivity contribution in [3.8, 4) is 11.5 Å². The lowest BCUT2D eigenvalue weighted by Crippen LogP contribution is -2.24. The molecule has 0 spiro atoms. The Kier molecular flexibility index (Phi) is 7.63. The normalized spacial score (nSPS) is 11.6. The summed E-state index contributed by atoms with van der Waals surface area (Å²) in [6, 6.07) is 13.6. The van der Waals surface area contributed by atoms with Gasteiger partial charge in [0, 0.05) is 20.0 Å². The van der Waals surface area contributed by atoms with Crippen molar-refractivity contribution >= 4 is 11.9 Å². The fourth-order valence-corrected chi connectivity index (χ4v) is 2.45. The predicted octanol–water partition coefficient (Wildman–Crippen LogP) is 2.87. The first-order chi connectivity index (χ1) is 13.0. The van der Waals surface area contributed by atoms with Gasteiger partial charge < -0.3 is 24.4 Å². The molecule has 0 aromatic heterocycles. The summed E-state index contributed by atoms with van der Waals surface area (Å²) in [5, 5.41) is 18.2. The molecule has 0 amide bonds. The van der Waals surface area contributed by atoms with E-state index in [1.807, 2.05) is 6.07 Å². The van der Waals surface area contributed by atoms with E-state index in [9.17, 15) is 9.59 Å². The third kappa shape index (κ3) is 6.31. The van der Waals surface area contributed by atoms with Gasteiger partial charge in [-0.15, -0.1) is 0 Å². The summed E-state index contributed by atoms with van der Waals surface area (Å²) in [7, 11) is 1.36. The summed E-state index contributed by atoms with van der Waals surface area (Å²) in [4.78, 5) is 22.2. The Morgan fingerprint density at radius 2 is 1.74 bits per heavy atom. The van der Waals surface area contributed by atoms with Crippen LogP contribution in [0.3, 0.4) is 0 Å². The van der Waals surface area contributed by atoms with Crippen LogP contribution in [-0.4, -0.2) is 48.6 Å². The lowest BCUT2D eigenvalue weighted by molar-refractivity contribution is -0.148.